The van der Waals surface area contributed by atoms with Gasteiger partial charge in [0, 0.05) is 16.1 Å². The van der Waals surface area contributed by atoms with Crippen molar-refractivity contribution in [3.63, 3.8) is 0 Å². The van der Waals surface area contributed by atoms with E-state index in [4.69, 9.17) is 0 Å². The fourth-order valence-corrected chi connectivity index (χ4v) is 3.25. The summed E-state index contributed by atoms with van der Waals surface area (Å²) in [6, 6.07) is 12.4. The number of fused-ring (bicyclic) bond motifs is 1. The largest absolute Gasteiger partial charge is 0.349 e. The molecular formula is C17H18BrNO. The van der Waals surface area contributed by atoms with Crippen molar-refractivity contribution in [2.45, 2.75) is 38.1 Å². The van der Waals surface area contributed by atoms with Crippen molar-refractivity contribution in [2.75, 3.05) is 0 Å². The second-order valence-electron chi connectivity index (χ2n) is 5.51. The molecule has 104 valence electrons. The van der Waals surface area contributed by atoms with E-state index in [1.807, 2.05) is 30.3 Å². The van der Waals surface area contributed by atoms with Crippen LogP contribution in [0.2, 0.25) is 0 Å². The Morgan fingerprint density at radius 3 is 2.50 bits per heavy atom. The third kappa shape index (κ3) is 3.04. The van der Waals surface area contributed by atoms with Crippen LogP contribution in [0, 0.1) is 0 Å². The monoisotopic (exact) mass is 331 g/mol. The molecule has 1 aliphatic carbocycles. The standard InChI is InChI=1S/C17H18BrNO/c18-15-9-8-12-10-14(7-6-13(12)11-15)17(20)19-16-4-2-1-3-5-16/h6-11,16H,1-5H2,(H,19,20). The lowest BCUT2D eigenvalue weighted by molar-refractivity contribution is 0.0928. The fourth-order valence-electron chi connectivity index (χ4n) is 2.87. The van der Waals surface area contributed by atoms with Crippen molar-refractivity contribution in [1.29, 1.82) is 0 Å². The molecule has 0 atom stereocenters. The summed E-state index contributed by atoms with van der Waals surface area (Å²) >= 11 is 3.47. The van der Waals surface area contributed by atoms with Crippen LogP contribution in [0.25, 0.3) is 10.8 Å². The van der Waals surface area contributed by atoms with Gasteiger partial charge in [0.15, 0.2) is 0 Å². The van der Waals surface area contributed by atoms with Gasteiger partial charge in [-0.1, -0.05) is 47.3 Å². The molecular weight excluding hydrogens is 314 g/mol. The maximum Gasteiger partial charge on any atom is 0.251 e. The van der Waals surface area contributed by atoms with Crippen LogP contribution in [0.3, 0.4) is 0 Å². The van der Waals surface area contributed by atoms with Gasteiger partial charge in [-0.3, -0.25) is 4.79 Å². The number of amides is 1. The van der Waals surface area contributed by atoms with Gasteiger partial charge in [-0.05, 0) is 47.9 Å². The summed E-state index contributed by atoms with van der Waals surface area (Å²) in [7, 11) is 0. The van der Waals surface area contributed by atoms with Crippen LogP contribution in [0.1, 0.15) is 42.5 Å². The summed E-state index contributed by atoms with van der Waals surface area (Å²) in [5.74, 6) is 0.0571. The quantitative estimate of drug-likeness (QED) is 0.851. The van der Waals surface area contributed by atoms with Crippen molar-refractivity contribution < 1.29 is 4.79 Å². The van der Waals surface area contributed by atoms with Gasteiger partial charge < -0.3 is 5.32 Å². The van der Waals surface area contributed by atoms with Crippen molar-refractivity contribution in [2.24, 2.45) is 0 Å². The van der Waals surface area contributed by atoms with Gasteiger partial charge in [0.1, 0.15) is 0 Å². The number of hydrogen-bond acceptors (Lipinski definition) is 1. The molecule has 0 spiro atoms. The van der Waals surface area contributed by atoms with Crippen LogP contribution in [0.4, 0.5) is 0 Å². The maximum absolute atomic E-state index is 12.3. The van der Waals surface area contributed by atoms with E-state index < -0.39 is 0 Å². The Kier molecular flexibility index (Phi) is 4.06. The Balaban J connectivity index is 1.78. The molecule has 0 aromatic heterocycles. The summed E-state index contributed by atoms with van der Waals surface area (Å²) in [5.41, 5.74) is 0.755. The van der Waals surface area contributed by atoms with Gasteiger partial charge in [0.2, 0.25) is 0 Å². The molecule has 0 unspecified atom stereocenters. The van der Waals surface area contributed by atoms with Crippen molar-refractivity contribution >= 4 is 32.6 Å². The molecule has 0 radical (unpaired) electrons. The molecule has 0 bridgehead atoms. The highest BCUT2D eigenvalue weighted by Crippen LogP contribution is 2.22. The normalized spacial score (nSPS) is 16.2. The van der Waals surface area contributed by atoms with Crippen LogP contribution < -0.4 is 5.32 Å². The summed E-state index contributed by atoms with van der Waals surface area (Å²) in [6.45, 7) is 0. The van der Waals surface area contributed by atoms with E-state index in [1.54, 1.807) is 0 Å². The predicted molar refractivity (Wildman–Crippen MR) is 86.0 cm³/mol. The number of rotatable bonds is 2. The molecule has 2 aromatic rings. The van der Waals surface area contributed by atoms with Crippen LogP contribution in [-0.2, 0) is 0 Å². The molecule has 1 N–H and O–H groups in total. The fraction of sp³-hybridized carbons (Fsp3) is 0.353. The highest BCUT2D eigenvalue weighted by atomic mass is 79.9. The summed E-state index contributed by atoms with van der Waals surface area (Å²) in [6.07, 6.45) is 6.00. The van der Waals surface area contributed by atoms with Crippen LogP contribution in [0.15, 0.2) is 40.9 Å². The second-order valence-corrected chi connectivity index (χ2v) is 6.43. The van der Waals surface area contributed by atoms with Gasteiger partial charge in [0.05, 0.1) is 0 Å². The van der Waals surface area contributed by atoms with Crippen LogP contribution in [-0.4, -0.2) is 11.9 Å². The molecule has 3 heteroatoms. The van der Waals surface area contributed by atoms with Gasteiger partial charge >= 0.3 is 0 Å². The second kappa shape index (κ2) is 5.96. The van der Waals surface area contributed by atoms with Crippen molar-refractivity contribution in [3.05, 3.63) is 46.4 Å². The van der Waals surface area contributed by atoms with Crippen molar-refractivity contribution in [3.8, 4) is 0 Å². The van der Waals surface area contributed by atoms with E-state index >= 15 is 0 Å². The lowest BCUT2D eigenvalue weighted by atomic mass is 9.95. The lowest BCUT2D eigenvalue weighted by Gasteiger charge is -2.22. The number of hydrogen-bond donors (Lipinski definition) is 1. The molecule has 2 aromatic carbocycles. The molecule has 2 nitrogen and oxygen atoms in total. The molecule has 1 amide bonds. The first-order valence-electron chi connectivity index (χ1n) is 7.22. The molecule has 20 heavy (non-hydrogen) atoms. The minimum absolute atomic E-state index is 0.0571. The zero-order valence-electron chi connectivity index (χ0n) is 11.4. The average Bonchev–Trinajstić information content (AvgIpc) is 2.47. The lowest BCUT2D eigenvalue weighted by Crippen LogP contribution is -2.36. The average molecular weight is 332 g/mol. The Morgan fingerprint density at radius 1 is 1.00 bits per heavy atom. The summed E-state index contributed by atoms with van der Waals surface area (Å²) in [5, 5.41) is 5.41. The molecule has 3 rings (SSSR count). The first-order valence-corrected chi connectivity index (χ1v) is 8.02. The summed E-state index contributed by atoms with van der Waals surface area (Å²) in [4.78, 5) is 12.3. The Labute approximate surface area is 127 Å². The van der Waals surface area contributed by atoms with E-state index in [-0.39, 0.29) is 5.91 Å². The SMILES string of the molecule is O=C(NC1CCCCC1)c1ccc2cc(Br)ccc2c1. The van der Waals surface area contributed by atoms with E-state index in [1.165, 1.54) is 19.3 Å². The third-order valence-corrected chi connectivity index (χ3v) is 4.50. The number of carbonyl (C=O) groups excluding carboxylic acids is 1. The van der Waals surface area contributed by atoms with Gasteiger partial charge in [-0.15, -0.1) is 0 Å². The molecule has 1 fully saturated rings. The zero-order valence-corrected chi connectivity index (χ0v) is 12.9. The Bertz CT molecular complexity index is 632. The highest BCUT2D eigenvalue weighted by Gasteiger charge is 2.16. The summed E-state index contributed by atoms with van der Waals surface area (Å²) < 4.78 is 1.06. The van der Waals surface area contributed by atoms with Crippen molar-refractivity contribution in [1.82, 2.24) is 5.32 Å². The van der Waals surface area contributed by atoms with Crippen LogP contribution in [0.5, 0.6) is 0 Å². The number of benzene rings is 2. The number of halogens is 1. The van der Waals surface area contributed by atoms with Gasteiger partial charge in [-0.25, -0.2) is 0 Å². The van der Waals surface area contributed by atoms with Crippen LogP contribution >= 0.6 is 15.9 Å². The van der Waals surface area contributed by atoms with E-state index in [0.29, 0.717) is 6.04 Å². The Morgan fingerprint density at radius 2 is 1.70 bits per heavy atom. The number of carbonyl (C=O) groups is 1. The van der Waals surface area contributed by atoms with Gasteiger partial charge in [-0.2, -0.15) is 0 Å². The topological polar surface area (TPSA) is 29.1 Å². The first-order chi connectivity index (χ1) is 9.72. The molecule has 0 aliphatic heterocycles. The molecule has 1 aliphatic rings. The molecule has 1 saturated carbocycles. The highest BCUT2D eigenvalue weighted by molar-refractivity contribution is 9.10. The van der Waals surface area contributed by atoms with E-state index in [9.17, 15) is 4.79 Å². The van der Waals surface area contributed by atoms with E-state index in [0.717, 1.165) is 33.7 Å². The van der Waals surface area contributed by atoms with E-state index in [2.05, 4.69) is 27.3 Å². The molecule has 0 heterocycles. The van der Waals surface area contributed by atoms with Gasteiger partial charge in [0.25, 0.3) is 5.91 Å². The minimum Gasteiger partial charge on any atom is -0.349 e. The maximum atomic E-state index is 12.3. The smallest absolute Gasteiger partial charge is 0.251 e. The zero-order chi connectivity index (χ0) is 13.9. The third-order valence-electron chi connectivity index (χ3n) is 4.00. The first kappa shape index (κ1) is 13.6. The molecule has 0 saturated heterocycles. The minimum atomic E-state index is 0.0571. The Hall–Kier alpha value is -1.35. The predicted octanol–water partition coefficient (Wildman–Crippen LogP) is 4.66. The number of nitrogens with one attached hydrogen (secondary N) is 1.